The molecule has 0 radical (unpaired) electrons. The minimum Gasteiger partial charge on any atom is -0.288 e. The van der Waals surface area contributed by atoms with Crippen molar-refractivity contribution in [3.05, 3.63) is 211 Å². The van der Waals surface area contributed by atoms with Gasteiger partial charge in [0, 0.05) is 31.8 Å². The highest BCUT2D eigenvalue weighted by Crippen LogP contribution is 2.61. The average Bonchev–Trinajstić information content (AvgIpc) is 3.75. The van der Waals surface area contributed by atoms with E-state index in [-0.39, 0.29) is 6.04 Å². The molecule has 0 bridgehead atoms. The van der Waals surface area contributed by atoms with Crippen LogP contribution < -0.4 is 5.32 Å². The number of hydrogen-bond acceptors (Lipinski definition) is 4. The number of benzene rings is 6. The van der Waals surface area contributed by atoms with Crippen LogP contribution in [0.5, 0.6) is 0 Å². The molecule has 3 unspecified atom stereocenters. The monoisotopic (exact) mass is 730 g/mol. The molecule has 1 fully saturated rings. The van der Waals surface area contributed by atoms with Crippen molar-refractivity contribution in [2.45, 2.75) is 23.5 Å². The van der Waals surface area contributed by atoms with Crippen molar-refractivity contribution >= 4 is 58.3 Å². The highest BCUT2D eigenvalue weighted by molar-refractivity contribution is 6.40. The van der Waals surface area contributed by atoms with Gasteiger partial charge < -0.3 is 0 Å². The molecule has 0 aromatic heterocycles. The average molecular weight is 733 g/mol. The highest BCUT2D eigenvalue weighted by atomic mass is 35.5. The molecule has 246 valence electrons. The number of aliphatic imine (C=N–C) groups is 2. The summed E-state index contributed by atoms with van der Waals surface area (Å²) in [5, 5.41) is 6.07. The predicted molar refractivity (Wildman–Crippen MR) is 207 cm³/mol. The Balaban J connectivity index is 1.55. The summed E-state index contributed by atoms with van der Waals surface area (Å²) in [5.41, 5.74) is 5.32. The molecule has 8 rings (SSSR count). The van der Waals surface area contributed by atoms with Gasteiger partial charge in [-0.2, -0.15) is 0 Å². The van der Waals surface area contributed by atoms with Crippen molar-refractivity contribution in [3.8, 4) is 0 Å². The second kappa shape index (κ2) is 13.5. The molecule has 0 amide bonds. The quantitative estimate of drug-likeness (QED) is 0.178. The van der Waals surface area contributed by atoms with E-state index in [1.807, 2.05) is 79.0 Å². The first kappa shape index (κ1) is 32.9. The lowest BCUT2D eigenvalue weighted by atomic mass is 9.73. The number of hydrogen-bond donors (Lipinski definition) is 1. The minimum atomic E-state index is -1.41. The van der Waals surface area contributed by atoms with Crippen LogP contribution in [0.1, 0.15) is 45.6 Å². The molecule has 3 atom stereocenters. The number of halogens is 4. The number of nitrogens with one attached hydrogen (secondary N) is 1. The Labute approximate surface area is 311 Å². The fourth-order valence-electron chi connectivity index (χ4n) is 7.48. The van der Waals surface area contributed by atoms with E-state index in [9.17, 15) is 0 Å². The van der Waals surface area contributed by atoms with Gasteiger partial charge in [0.05, 0.1) is 34.7 Å². The lowest BCUT2D eigenvalue weighted by molar-refractivity contribution is -0.00276. The maximum Gasteiger partial charge on any atom is 0.238 e. The summed E-state index contributed by atoms with van der Waals surface area (Å²) in [6.07, 6.45) is 1.28. The Morgan fingerprint density at radius 2 is 1.12 bits per heavy atom. The van der Waals surface area contributed by atoms with E-state index < -0.39 is 17.5 Å². The Hall–Kier alpha value is -4.26. The fourth-order valence-corrected chi connectivity index (χ4v) is 8.53. The molecule has 2 aliphatic rings. The van der Waals surface area contributed by atoms with Gasteiger partial charge in [0.2, 0.25) is 5.79 Å². The van der Waals surface area contributed by atoms with Gasteiger partial charge in [0.15, 0.2) is 0 Å². The van der Waals surface area contributed by atoms with Crippen LogP contribution >= 0.6 is 46.4 Å². The van der Waals surface area contributed by atoms with Crippen LogP contribution in [0.15, 0.2) is 168 Å². The van der Waals surface area contributed by atoms with E-state index in [4.69, 9.17) is 56.4 Å². The third-order valence-corrected chi connectivity index (χ3v) is 10.6. The Kier molecular flexibility index (Phi) is 8.86. The van der Waals surface area contributed by atoms with E-state index in [0.717, 1.165) is 33.5 Å². The van der Waals surface area contributed by atoms with Gasteiger partial charge in [-0.3, -0.25) is 5.32 Å². The van der Waals surface area contributed by atoms with Crippen LogP contribution in [0.3, 0.4) is 0 Å². The van der Waals surface area contributed by atoms with Crippen molar-refractivity contribution in [1.82, 2.24) is 10.2 Å². The zero-order chi connectivity index (χ0) is 34.3. The third kappa shape index (κ3) is 5.48. The Bertz CT molecular complexity index is 2170. The normalized spacial score (nSPS) is 21.3. The maximum atomic E-state index is 7.24. The van der Waals surface area contributed by atoms with Gasteiger partial charge in [-0.15, -0.1) is 0 Å². The molecule has 50 heavy (non-hydrogen) atoms. The van der Waals surface area contributed by atoms with Gasteiger partial charge in [-0.25, -0.2) is 14.9 Å². The molecule has 2 heterocycles. The topological polar surface area (TPSA) is 40.0 Å². The lowest BCUT2D eigenvalue weighted by Gasteiger charge is -2.50. The summed E-state index contributed by atoms with van der Waals surface area (Å²) >= 11 is 27.5. The van der Waals surface area contributed by atoms with Crippen LogP contribution in [0, 0.1) is 0 Å². The van der Waals surface area contributed by atoms with Crippen molar-refractivity contribution in [1.29, 1.82) is 0 Å². The maximum absolute atomic E-state index is 7.24. The second-order valence-electron chi connectivity index (χ2n) is 12.3. The smallest absolute Gasteiger partial charge is 0.238 e. The molecule has 0 saturated carbocycles. The van der Waals surface area contributed by atoms with Crippen molar-refractivity contribution in [3.63, 3.8) is 0 Å². The zero-order valence-electron chi connectivity index (χ0n) is 26.6. The SMILES string of the molecule is Clc1ccc(C2NC(c3ccccc3)C(c3ccccc3)(c3ccccc3)N2C2(c3ccc(Cl)cc3Cl)N=CC(c3ccccc3)=N2)c(Cl)c1. The highest BCUT2D eigenvalue weighted by Gasteiger charge is 2.64. The van der Waals surface area contributed by atoms with Crippen molar-refractivity contribution in [2.24, 2.45) is 9.98 Å². The predicted octanol–water partition coefficient (Wildman–Crippen LogP) is 11.3. The molecule has 8 heteroatoms. The summed E-state index contributed by atoms with van der Waals surface area (Å²) in [6.45, 7) is 0. The molecular weight excluding hydrogens is 702 g/mol. The first-order valence-electron chi connectivity index (χ1n) is 16.2. The largest absolute Gasteiger partial charge is 0.288 e. The number of nitrogens with zero attached hydrogens (tertiary/aromatic N) is 3. The first-order chi connectivity index (χ1) is 24.4. The molecule has 6 aromatic carbocycles. The molecule has 6 aromatic rings. The minimum absolute atomic E-state index is 0.334. The summed E-state index contributed by atoms with van der Waals surface area (Å²) in [7, 11) is 0. The Morgan fingerprint density at radius 3 is 1.70 bits per heavy atom. The molecule has 1 saturated heterocycles. The molecule has 1 N–H and O–H groups in total. The van der Waals surface area contributed by atoms with Gasteiger partial charge in [0.1, 0.15) is 0 Å². The van der Waals surface area contributed by atoms with Gasteiger partial charge >= 0.3 is 0 Å². The van der Waals surface area contributed by atoms with E-state index >= 15 is 0 Å². The molecule has 0 spiro atoms. The Morgan fingerprint density at radius 1 is 0.580 bits per heavy atom. The molecule has 0 aliphatic carbocycles. The van der Waals surface area contributed by atoms with E-state index in [1.54, 1.807) is 12.1 Å². The number of rotatable bonds is 7. The molecule has 2 aliphatic heterocycles. The standard InChI is InChI=1S/C42H30Cl4N4/c43-32-21-23-34(36(45)25-32)40-48-39(29-15-7-2-8-16-29)41(30-17-9-3-10-18-30,31-19-11-4-12-20-31)50(40)42(35-24-22-33(44)26-37(35)46)47-27-38(49-42)28-13-5-1-6-14-28/h1-27,39-40,48H. The first-order valence-corrected chi connectivity index (χ1v) is 17.8. The summed E-state index contributed by atoms with van der Waals surface area (Å²) in [4.78, 5) is 13.4. The van der Waals surface area contributed by atoms with Gasteiger partial charge in [-0.05, 0) is 41.0 Å². The summed E-state index contributed by atoms with van der Waals surface area (Å²) in [6, 6.07) is 52.3. The van der Waals surface area contributed by atoms with E-state index in [2.05, 4.69) is 83.0 Å². The van der Waals surface area contributed by atoms with E-state index in [0.29, 0.717) is 25.7 Å². The van der Waals surface area contributed by atoms with Crippen LogP contribution in [0.25, 0.3) is 0 Å². The second-order valence-corrected chi connectivity index (χ2v) is 14.0. The van der Waals surface area contributed by atoms with Crippen LogP contribution in [0.2, 0.25) is 20.1 Å². The fraction of sp³-hybridized carbons (Fsp3) is 0.0952. The zero-order valence-corrected chi connectivity index (χ0v) is 29.6. The molecule has 4 nitrogen and oxygen atoms in total. The van der Waals surface area contributed by atoms with Crippen LogP contribution in [0.4, 0.5) is 0 Å². The molecular formula is C42H30Cl4N4. The van der Waals surface area contributed by atoms with Gasteiger partial charge in [0.25, 0.3) is 0 Å². The van der Waals surface area contributed by atoms with Gasteiger partial charge in [-0.1, -0.05) is 180 Å². The van der Waals surface area contributed by atoms with Crippen molar-refractivity contribution in [2.75, 3.05) is 0 Å². The van der Waals surface area contributed by atoms with Crippen LogP contribution in [-0.4, -0.2) is 16.8 Å². The lowest BCUT2D eigenvalue weighted by Crippen LogP contribution is -2.55. The summed E-state index contributed by atoms with van der Waals surface area (Å²) in [5.74, 6) is -1.41. The van der Waals surface area contributed by atoms with Crippen LogP contribution in [-0.2, 0) is 11.3 Å². The third-order valence-electron chi connectivity index (χ3n) is 9.54. The van der Waals surface area contributed by atoms with Crippen molar-refractivity contribution < 1.29 is 0 Å². The van der Waals surface area contributed by atoms with E-state index in [1.165, 1.54) is 0 Å². The summed E-state index contributed by atoms with van der Waals surface area (Å²) < 4.78 is 0.